The number of aromatic carboxylic acids is 1. The fourth-order valence-corrected chi connectivity index (χ4v) is 1.47. The maximum atomic E-state index is 13.5. The molecule has 8 heteroatoms. The van der Waals surface area contributed by atoms with Crippen molar-refractivity contribution in [2.75, 3.05) is 0 Å². The number of imidazole rings is 1. The largest absolute Gasteiger partial charge is 0.478 e. The average molecular weight is 251 g/mol. The summed E-state index contributed by atoms with van der Waals surface area (Å²) in [5.41, 5.74) is -1.34. The number of rotatable bonds is 3. The van der Waals surface area contributed by atoms with Crippen LogP contribution < -0.4 is 0 Å². The molecule has 1 N–H and O–H groups in total. The Hall–Kier alpha value is -2.77. The van der Waals surface area contributed by atoms with Gasteiger partial charge in [-0.2, -0.15) is 0 Å². The van der Waals surface area contributed by atoms with Crippen LogP contribution in [0.15, 0.2) is 30.9 Å². The minimum absolute atomic E-state index is 0.0833. The van der Waals surface area contributed by atoms with Gasteiger partial charge in [0.05, 0.1) is 11.3 Å². The minimum atomic E-state index is -1.56. The lowest BCUT2D eigenvalue weighted by molar-refractivity contribution is -0.384. The monoisotopic (exact) mass is 251 g/mol. The van der Waals surface area contributed by atoms with Crippen molar-refractivity contribution < 1.29 is 19.2 Å². The highest BCUT2D eigenvalue weighted by molar-refractivity contribution is 5.89. The Kier molecular flexibility index (Phi) is 2.76. The van der Waals surface area contributed by atoms with Crippen molar-refractivity contribution in [2.45, 2.75) is 0 Å². The molecule has 0 amide bonds. The molecule has 0 aliphatic carbocycles. The molecule has 0 saturated carbocycles. The molecule has 0 aliphatic heterocycles. The molecule has 0 fully saturated rings. The molecule has 0 atom stereocenters. The van der Waals surface area contributed by atoms with E-state index in [4.69, 9.17) is 5.11 Å². The van der Waals surface area contributed by atoms with Crippen LogP contribution in [0, 0.1) is 15.9 Å². The van der Waals surface area contributed by atoms with E-state index in [1.807, 2.05) is 0 Å². The van der Waals surface area contributed by atoms with Crippen LogP contribution in [0.3, 0.4) is 0 Å². The number of carboxylic acid groups (broad SMARTS) is 1. The summed E-state index contributed by atoms with van der Waals surface area (Å²) in [5.74, 6) is -2.61. The summed E-state index contributed by atoms with van der Waals surface area (Å²) in [5, 5.41) is 19.6. The predicted molar refractivity (Wildman–Crippen MR) is 57.1 cm³/mol. The van der Waals surface area contributed by atoms with Crippen LogP contribution in [-0.2, 0) is 0 Å². The summed E-state index contributed by atoms with van der Waals surface area (Å²) in [6, 6.07) is 1.48. The fourth-order valence-electron chi connectivity index (χ4n) is 1.47. The Bertz CT molecular complexity index is 624. The smallest absolute Gasteiger partial charge is 0.338 e. The van der Waals surface area contributed by atoms with E-state index < -0.39 is 28.0 Å². The highest BCUT2D eigenvalue weighted by atomic mass is 19.1. The zero-order valence-electron chi connectivity index (χ0n) is 8.78. The average Bonchev–Trinajstić information content (AvgIpc) is 2.80. The summed E-state index contributed by atoms with van der Waals surface area (Å²) in [4.78, 5) is 24.5. The topological polar surface area (TPSA) is 98.3 Å². The second-order valence-electron chi connectivity index (χ2n) is 3.35. The predicted octanol–water partition coefficient (Wildman–Crippen LogP) is 1.62. The maximum Gasteiger partial charge on any atom is 0.338 e. The first-order valence-corrected chi connectivity index (χ1v) is 4.70. The quantitative estimate of drug-likeness (QED) is 0.660. The van der Waals surface area contributed by atoms with Crippen molar-refractivity contribution in [3.8, 4) is 5.69 Å². The third kappa shape index (κ3) is 1.90. The van der Waals surface area contributed by atoms with Gasteiger partial charge in [0.25, 0.3) is 5.69 Å². The first-order valence-electron chi connectivity index (χ1n) is 4.70. The van der Waals surface area contributed by atoms with Gasteiger partial charge in [-0.1, -0.05) is 0 Å². The van der Waals surface area contributed by atoms with Crippen molar-refractivity contribution in [3.05, 3.63) is 52.3 Å². The highest BCUT2D eigenvalue weighted by Crippen LogP contribution is 2.26. The summed E-state index contributed by atoms with van der Waals surface area (Å²) in [7, 11) is 0. The molecule has 7 nitrogen and oxygen atoms in total. The van der Waals surface area contributed by atoms with Crippen LogP contribution in [0.2, 0.25) is 0 Å². The molecule has 2 rings (SSSR count). The number of aromatic nitrogens is 2. The summed E-state index contributed by atoms with van der Waals surface area (Å²) < 4.78 is 14.7. The normalized spacial score (nSPS) is 10.3. The van der Waals surface area contributed by atoms with Gasteiger partial charge in [-0.15, -0.1) is 0 Å². The van der Waals surface area contributed by atoms with Gasteiger partial charge in [-0.3, -0.25) is 10.1 Å². The van der Waals surface area contributed by atoms with E-state index in [9.17, 15) is 19.3 Å². The van der Waals surface area contributed by atoms with Crippen LogP contribution >= 0.6 is 0 Å². The first kappa shape index (κ1) is 11.7. The number of hydrogen-bond donors (Lipinski definition) is 1. The Morgan fingerprint density at radius 2 is 2.22 bits per heavy atom. The van der Waals surface area contributed by atoms with Crippen LogP contribution in [0.4, 0.5) is 10.1 Å². The van der Waals surface area contributed by atoms with Crippen LogP contribution in [-0.4, -0.2) is 25.6 Å². The molecule has 18 heavy (non-hydrogen) atoms. The molecule has 1 aromatic carbocycles. The van der Waals surface area contributed by atoms with E-state index in [1.54, 1.807) is 0 Å². The number of hydrogen-bond acceptors (Lipinski definition) is 4. The molecule has 0 spiro atoms. The molecule has 92 valence electrons. The molecular formula is C10H6FN3O4. The Balaban J connectivity index is 2.70. The Labute approximate surface area is 99.3 Å². The van der Waals surface area contributed by atoms with E-state index in [1.165, 1.54) is 23.3 Å². The van der Waals surface area contributed by atoms with Gasteiger partial charge < -0.3 is 9.67 Å². The van der Waals surface area contributed by atoms with Gasteiger partial charge >= 0.3 is 5.97 Å². The van der Waals surface area contributed by atoms with E-state index >= 15 is 0 Å². The molecule has 1 aromatic heterocycles. The van der Waals surface area contributed by atoms with Crippen LogP contribution in [0.5, 0.6) is 0 Å². The number of nitro groups is 1. The molecule has 0 saturated heterocycles. The van der Waals surface area contributed by atoms with Crippen LogP contribution in [0.25, 0.3) is 5.69 Å². The molecular weight excluding hydrogens is 245 g/mol. The van der Waals surface area contributed by atoms with Crippen molar-refractivity contribution in [1.82, 2.24) is 9.55 Å². The molecule has 0 unspecified atom stereocenters. The van der Waals surface area contributed by atoms with E-state index in [0.717, 1.165) is 6.07 Å². The molecule has 1 heterocycles. The minimum Gasteiger partial charge on any atom is -0.478 e. The van der Waals surface area contributed by atoms with Gasteiger partial charge in [0.1, 0.15) is 17.1 Å². The van der Waals surface area contributed by atoms with E-state index in [0.29, 0.717) is 6.07 Å². The van der Waals surface area contributed by atoms with Gasteiger partial charge in [0.15, 0.2) is 0 Å². The van der Waals surface area contributed by atoms with Crippen molar-refractivity contribution in [2.24, 2.45) is 0 Å². The highest BCUT2D eigenvalue weighted by Gasteiger charge is 2.22. The van der Waals surface area contributed by atoms with Gasteiger partial charge in [0.2, 0.25) is 0 Å². The lowest BCUT2D eigenvalue weighted by Crippen LogP contribution is -2.06. The van der Waals surface area contributed by atoms with Crippen molar-refractivity contribution >= 4 is 11.7 Å². The third-order valence-electron chi connectivity index (χ3n) is 2.27. The maximum absolute atomic E-state index is 13.5. The molecule has 0 radical (unpaired) electrons. The van der Waals surface area contributed by atoms with Gasteiger partial charge in [-0.25, -0.2) is 14.2 Å². The lowest BCUT2D eigenvalue weighted by atomic mass is 10.1. The third-order valence-corrected chi connectivity index (χ3v) is 2.27. The second-order valence-corrected chi connectivity index (χ2v) is 3.35. The number of benzene rings is 1. The number of carboxylic acids is 1. The molecule has 0 aliphatic rings. The first-order chi connectivity index (χ1) is 8.50. The lowest BCUT2D eigenvalue weighted by Gasteiger charge is -2.05. The number of nitrogens with zero attached hydrogens (tertiary/aromatic N) is 3. The fraction of sp³-hybridized carbons (Fsp3) is 0. The van der Waals surface area contributed by atoms with Crippen molar-refractivity contribution in [3.63, 3.8) is 0 Å². The molecule has 0 bridgehead atoms. The Morgan fingerprint density at radius 1 is 1.50 bits per heavy atom. The number of carbonyl (C=O) groups is 1. The zero-order valence-corrected chi connectivity index (χ0v) is 8.78. The molecule has 2 aromatic rings. The standard InChI is InChI=1S/C10H6FN3O4/c11-7-4-8(13-2-1-12-5-13)9(14(17)18)3-6(7)10(15)16/h1-5H,(H,15,16). The second kappa shape index (κ2) is 4.24. The zero-order chi connectivity index (χ0) is 13.3. The Morgan fingerprint density at radius 3 is 2.72 bits per heavy atom. The number of halogens is 1. The van der Waals surface area contributed by atoms with E-state index in [2.05, 4.69) is 4.98 Å². The van der Waals surface area contributed by atoms with Gasteiger partial charge in [0, 0.05) is 24.5 Å². The SMILES string of the molecule is O=C(O)c1cc([N+](=O)[O-])c(-n2ccnc2)cc1F. The summed E-state index contributed by atoms with van der Waals surface area (Å²) >= 11 is 0. The van der Waals surface area contributed by atoms with Crippen LogP contribution in [0.1, 0.15) is 10.4 Å². The summed E-state index contributed by atoms with van der Waals surface area (Å²) in [6.45, 7) is 0. The van der Waals surface area contributed by atoms with Gasteiger partial charge in [-0.05, 0) is 0 Å². The van der Waals surface area contributed by atoms with E-state index in [-0.39, 0.29) is 5.69 Å². The number of nitro benzene ring substituents is 1. The van der Waals surface area contributed by atoms with Crippen molar-refractivity contribution in [1.29, 1.82) is 0 Å². The summed E-state index contributed by atoms with van der Waals surface area (Å²) in [6.07, 6.45) is 4.01.